The molecule has 4 rings (SSSR count). The molecule has 33 heavy (non-hydrogen) atoms. The van der Waals surface area contributed by atoms with Gasteiger partial charge < -0.3 is 15.6 Å². The van der Waals surface area contributed by atoms with E-state index in [0.717, 1.165) is 16.8 Å². The van der Waals surface area contributed by atoms with E-state index in [-0.39, 0.29) is 17.9 Å². The molecule has 6 nitrogen and oxygen atoms in total. The Kier molecular flexibility index (Phi) is 6.64. The van der Waals surface area contributed by atoms with E-state index in [1.54, 1.807) is 30.5 Å². The van der Waals surface area contributed by atoms with Crippen molar-refractivity contribution < 1.29 is 9.59 Å². The fourth-order valence-electron chi connectivity index (χ4n) is 3.57. The molecular weight excluding hydrogens is 412 g/mol. The van der Waals surface area contributed by atoms with Gasteiger partial charge >= 0.3 is 0 Å². The number of rotatable bonds is 7. The molecule has 0 bridgehead atoms. The third-order valence-electron chi connectivity index (χ3n) is 5.51. The Balaban J connectivity index is 1.49. The van der Waals surface area contributed by atoms with Gasteiger partial charge in [0.15, 0.2) is 0 Å². The van der Waals surface area contributed by atoms with Gasteiger partial charge in [0, 0.05) is 16.8 Å². The smallest absolute Gasteiger partial charge is 0.255 e. The normalized spacial score (nSPS) is 11.6. The molecule has 0 aliphatic heterocycles. The zero-order valence-corrected chi connectivity index (χ0v) is 18.6. The monoisotopic (exact) mass is 438 g/mol. The third kappa shape index (κ3) is 5.18. The molecule has 3 N–H and O–H groups in total. The lowest BCUT2D eigenvalue weighted by atomic mass is 10.1. The van der Waals surface area contributed by atoms with E-state index >= 15 is 0 Å². The fourth-order valence-corrected chi connectivity index (χ4v) is 3.57. The first kappa shape index (κ1) is 22.0. The average Bonchev–Trinajstić information content (AvgIpc) is 3.35. The summed E-state index contributed by atoms with van der Waals surface area (Å²) >= 11 is 0. The minimum Gasteiger partial charge on any atom is -0.342 e. The zero-order valence-electron chi connectivity index (χ0n) is 18.6. The summed E-state index contributed by atoms with van der Waals surface area (Å²) in [6, 6.07) is 23.9. The second-order valence-corrected chi connectivity index (χ2v) is 7.83. The van der Waals surface area contributed by atoms with E-state index in [1.165, 1.54) is 0 Å². The minimum absolute atomic E-state index is 0.216. The van der Waals surface area contributed by atoms with Gasteiger partial charge in [-0.25, -0.2) is 4.98 Å². The number of carbonyl (C=O) groups is 2. The predicted octanol–water partition coefficient (Wildman–Crippen LogP) is 5.52. The van der Waals surface area contributed by atoms with Crippen molar-refractivity contribution in [3.05, 3.63) is 108 Å². The van der Waals surface area contributed by atoms with Gasteiger partial charge in [0.25, 0.3) is 11.8 Å². The second kappa shape index (κ2) is 9.96. The molecule has 6 heteroatoms. The highest BCUT2D eigenvalue weighted by Crippen LogP contribution is 2.22. The molecule has 3 aromatic carbocycles. The summed E-state index contributed by atoms with van der Waals surface area (Å²) in [6.45, 7) is 3.89. The lowest BCUT2D eigenvalue weighted by molar-refractivity contribution is 0.0932. The summed E-state index contributed by atoms with van der Waals surface area (Å²) < 4.78 is 0. The van der Waals surface area contributed by atoms with Crippen LogP contribution in [0.15, 0.2) is 85.1 Å². The van der Waals surface area contributed by atoms with Crippen LogP contribution in [0.5, 0.6) is 0 Å². The topological polar surface area (TPSA) is 86.9 Å². The van der Waals surface area contributed by atoms with E-state index in [4.69, 9.17) is 0 Å². The van der Waals surface area contributed by atoms with E-state index in [1.807, 2.05) is 68.4 Å². The molecule has 1 unspecified atom stereocenters. The fraction of sp³-hybridized carbons (Fsp3) is 0.148. The van der Waals surface area contributed by atoms with Gasteiger partial charge in [0.1, 0.15) is 5.82 Å². The molecule has 4 aromatic rings. The van der Waals surface area contributed by atoms with Crippen LogP contribution in [0.25, 0.3) is 11.3 Å². The van der Waals surface area contributed by atoms with Crippen LogP contribution < -0.4 is 10.6 Å². The van der Waals surface area contributed by atoms with Crippen LogP contribution in [0.1, 0.15) is 51.5 Å². The number of benzene rings is 3. The van der Waals surface area contributed by atoms with Crippen molar-refractivity contribution in [2.75, 3.05) is 5.32 Å². The maximum absolute atomic E-state index is 13.0. The summed E-state index contributed by atoms with van der Waals surface area (Å²) in [5.74, 6) is 0.260. The molecule has 1 heterocycles. The van der Waals surface area contributed by atoms with Crippen LogP contribution in [0, 0.1) is 6.92 Å². The molecule has 0 saturated heterocycles. The highest BCUT2D eigenvalue weighted by atomic mass is 16.2. The number of aromatic nitrogens is 2. The number of aryl methyl sites for hydroxylation is 1. The summed E-state index contributed by atoms with van der Waals surface area (Å²) in [7, 11) is 0. The minimum atomic E-state index is -0.265. The number of anilines is 1. The molecule has 1 atom stereocenters. The van der Waals surface area contributed by atoms with Gasteiger partial charge in [0.05, 0.1) is 17.9 Å². The van der Waals surface area contributed by atoms with Crippen molar-refractivity contribution >= 4 is 17.5 Å². The van der Waals surface area contributed by atoms with E-state index in [2.05, 4.69) is 20.6 Å². The van der Waals surface area contributed by atoms with Gasteiger partial charge in [-0.1, -0.05) is 61.5 Å². The van der Waals surface area contributed by atoms with Crippen LogP contribution >= 0.6 is 0 Å². The molecule has 0 radical (unpaired) electrons. The van der Waals surface area contributed by atoms with Crippen molar-refractivity contribution in [1.82, 2.24) is 15.3 Å². The van der Waals surface area contributed by atoms with E-state index < -0.39 is 0 Å². The van der Waals surface area contributed by atoms with Crippen molar-refractivity contribution in [1.29, 1.82) is 0 Å². The molecule has 1 aromatic heterocycles. The largest absolute Gasteiger partial charge is 0.342 e. The second-order valence-electron chi connectivity index (χ2n) is 7.83. The van der Waals surface area contributed by atoms with Gasteiger partial charge in [0.2, 0.25) is 0 Å². The van der Waals surface area contributed by atoms with Gasteiger partial charge in [-0.2, -0.15) is 0 Å². The first-order chi connectivity index (χ1) is 16.0. The Labute approximate surface area is 193 Å². The number of aromatic amines is 1. The highest BCUT2D eigenvalue weighted by Gasteiger charge is 2.18. The van der Waals surface area contributed by atoms with E-state index in [0.29, 0.717) is 29.1 Å². The summed E-state index contributed by atoms with van der Waals surface area (Å²) in [5.41, 5.74) is 4.45. The maximum atomic E-state index is 13.0. The number of hydrogen-bond donors (Lipinski definition) is 3. The summed E-state index contributed by atoms with van der Waals surface area (Å²) in [5, 5.41) is 5.96. The van der Waals surface area contributed by atoms with Gasteiger partial charge in [-0.05, 0) is 48.7 Å². The van der Waals surface area contributed by atoms with Crippen molar-refractivity contribution in [2.45, 2.75) is 26.3 Å². The van der Waals surface area contributed by atoms with Gasteiger partial charge in [-0.3, -0.25) is 9.59 Å². The standard InChI is InChI=1S/C27H26N4O2/c1-3-22(25-28-17-24(29-25)19-10-6-4-7-11-19)30-27(33)21-15-14-18(2)23(16-21)31-26(32)20-12-8-5-9-13-20/h4-17,22H,3H2,1-2H3,(H,28,29)(H,30,33)(H,31,32). The Morgan fingerprint density at radius 1 is 0.909 bits per heavy atom. The lowest BCUT2D eigenvalue weighted by Gasteiger charge is -2.16. The number of amides is 2. The molecular formula is C27H26N4O2. The van der Waals surface area contributed by atoms with Gasteiger partial charge in [-0.15, -0.1) is 0 Å². The third-order valence-corrected chi connectivity index (χ3v) is 5.51. The molecule has 2 amide bonds. The molecule has 0 fully saturated rings. The Morgan fingerprint density at radius 3 is 2.30 bits per heavy atom. The van der Waals surface area contributed by atoms with Crippen LogP contribution in [0.2, 0.25) is 0 Å². The number of H-pyrrole nitrogens is 1. The first-order valence-electron chi connectivity index (χ1n) is 10.9. The van der Waals surface area contributed by atoms with Crippen LogP contribution in [-0.4, -0.2) is 21.8 Å². The first-order valence-corrected chi connectivity index (χ1v) is 10.9. The SMILES string of the molecule is CCC(NC(=O)c1ccc(C)c(NC(=O)c2ccccc2)c1)c1ncc(-c2ccccc2)[nH]1. The number of nitrogens with zero attached hydrogens (tertiary/aromatic N) is 1. The van der Waals surface area contributed by atoms with E-state index in [9.17, 15) is 9.59 Å². The maximum Gasteiger partial charge on any atom is 0.255 e. The molecule has 0 aliphatic carbocycles. The zero-order chi connectivity index (χ0) is 23.2. The number of nitrogens with one attached hydrogen (secondary N) is 3. The Hall–Kier alpha value is -4.19. The Bertz CT molecular complexity index is 1250. The Morgan fingerprint density at radius 2 is 1.61 bits per heavy atom. The molecule has 0 saturated carbocycles. The van der Waals surface area contributed by atoms with Crippen molar-refractivity contribution in [2.24, 2.45) is 0 Å². The number of hydrogen-bond acceptors (Lipinski definition) is 3. The van der Waals surface area contributed by atoms with Crippen LogP contribution in [0.3, 0.4) is 0 Å². The quantitative estimate of drug-likeness (QED) is 0.355. The van der Waals surface area contributed by atoms with Crippen LogP contribution in [-0.2, 0) is 0 Å². The average molecular weight is 439 g/mol. The highest BCUT2D eigenvalue weighted by molar-refractivity contribution is 6.05. The lowest BCUT2D eigenvalue weighted by Crippen LogP contribution is -2.29. The molecule has 166 valence electrons. The number of carbonyl (C=O) groups excluding carboxylic acids is 2. The summed E-state index contributed by atoms with van der Waals surface area (Å²) in [6.07, 6.45) is 2.46. The summed E-state index contributed by atoms with van der Waals surface area (Å²) in [4.78, 5) is 33.4. The number of imidazole rings is 1. The molecule has 0 spiro atoms. The van der Waals surface area contributed by atoms with Crippen molar-refractivity contribution in [3.8, 4) is 11.3 Å². The molecule has 0 aliphatic rings. The van der Waals surface area contributed by atoms with Crippen molar-refractivity contribution in [3.63, 3.8) is 0 Å². The predicted molar refractivity (Wildman–Crippen MR) is 130 cm³/mol. The van der Waals surface area contributed by atoms with Crippen LogP contribution in [0.4, 0.5) is 5.69 Å².